The fourth-order valence-corrected chi connectivity index (χ4v) is 3.09. The summed E-state index contributed by atoms with van der Waals surface area (Å²) in [4.78, 5) is 5.30. The van der Waals surface area contributed by atoms with Gasteiger partial charge < -0.3 is 5.73 Å². The summed E-state index contributed by atoms with van der Waals surface area (Å²) in [6.45, 7) is 6.00. The van der Waals surface area contributed by atoms with Crippen molar-refractivity contribution in [2.24, 2.45) is 5.73 Å². The minimum atomic E-state index is 0.759. The fraction of sp³-hybridized carbons (Fsp3) is 0.375. The number of aryl methyl sites for hydroxylation is 1. The molecule has 2 rings (SSSR count). The molecule has 0 aliphatic rings. The number of rotatable bonds is 7. The molecule has 0 radical (unpaired) electrons. The molecule has 0 amide bonds. The van der Waals surface area contributed by atoms with Gasteiger partial charge in [-0.05, 0) is 37.6 Å². The first-order chi connectivity index (χ1) is 9.28. The molecule has 1 aromatic heterocycles. The maximum absolute atomic E-state index is 5.64. The second-order valence-electron chi connectivity index (χ2n) is 4.85. The largest absolute Gasteiger partial charge is 0.330 e. The van der Waals surface area contributed by atoms with E-state index in [9.17, 15) is 0 Å². The zero-order chi connectivity index (χ0) is 13.5. The number of nitrogens with zero attached hydrogens (tertiary/aromatic N) is 1. The van der Waals surface area contributed by atoms with Crippen molar-refractivity contribution in [3.8, 4) is 0 Å². The number of benzene rings is 1. The van der Waals surface area contributed by atoms with Crippen molar-refractivity contribution in [2.75, 3.05) is 13.1 Å². The van der Waals surface area contributed by atoms with Crippen LogP contribution in [0, 0.1) is 6.92 Å². The van der Waals surface area contributed by atoms with Crippen LogP contribution < -0.4 is 5.73 Å². The first kappa shape index (κ1) is 14.3. The minimum Gasteiger partial charge on any atom is -0.330 e. The van der Waals surface area contributed by atoms with Crippen LogP contribution in [-0.2, 0) is 13.1 Å². The highest BCUT2D eigenvalue weighted by molar-refractivity contribution is 7.11. The van der Waals surface area contributed by atoms with Crippen LogP contribution in [0.5, 0.6) is 0 Å². The van der Waals surface area contributed by atoms with E-state index < -0.39 is 0 Å². The van der Waals surface area contributed by atoms with E-state index in [0.29, 0.717) is 0 Å². The van der Waals surface area contributed by atoms with Gasteiger partial charge in [0.05, 0.1) is 0 Å². The summed E-state index contributed by atoms with van der Waals surface area (Å²) in [6, 6.07) is 15.1. The van der Waals surface area contributed by atoms with E-state index >= 15 is 0 Å². The maximum atomic E-state index is 5.64. The van der Waals surface area contributed by atoms with Gasteiger partial charge >= 0.3 is 0 Å². The molecule has 0 saturated carbocycles. The second-order valence-corrected chi connectivity index (χ2v) is 6.22. The van der Waals surface area contributed by atoms with E-state index in [4.69, 9.17) is 5.73 Å². The first-order valence-electron chi connectivity index (χ1n) is 6.79. The molecule has 2 N–H and O–H groups in total. The van der Waals surface area contributed by atoms with Crippen molar-refractivity contribution in [1.29, 1.82) is 0 Å². The Hall–Kier alpha value is -1.16. The van der Waals surface area contributed by atoms with Gasteiger partial charge in [-0.2, -0.15) is 0 Å². The maximum Gasteiger partial charge on any atom is 0.0331 e. The normalized spacial score (nSPS) is 11.1. The number of hydrogen-bond acceptors (Lipinski definition) is 3. The Morgan fingerprint density at radius 1 is 1.05 bits per heavy atom. The van der Waals surface area contributed by atoms with Crippen LogP contribution in [-0.4, -0.2) is 18.0 Å². The molecular formula is C16H22N2S. The third kappa shape index (κ3) is 4.78. The Kier molecular flexibility index (Phi) is 5.58. The zero-order valence-corrected chi connectivity index (χ0v) is 12.3. The van der Waals surface area contributed by atoms with Crippen LogP contribution in [0.3, 0.4) is 0 Å². The van der Waals surface area contributed by atoms with Crippen LogP contribution in [0.2, 0.25) is 0 Å². The summed E-state index contributed by atoms with van der Waals surface area (Å²) in [5, 5.41) is 0. The van der Waals surface area contributed by atoms with Crippen LogP contribution >= 0.6 is 11.3 Å². The molecule has 0 aliphatic carbocycles. The fourth-order valence-electron chi connectivity index (χ4n) is 2.16. The highest BCUT2D eigenvalue weighted by atomic mass is 32.1. The van der Waals surface area contributed by atoms with Gasteiger partial charge in [0.15, 0.2) is 0 Å². The summed E-state index contributed by atoms with van der Waals surface area (Å²) in [7, 11) is 0. The molecule has 2 aromatic rings. The van der Waals surface area contributed by atoms with E-state index in [2.05, 4.69) is 54.3 Å². The van der Waals surface area contributed by atoms with Gasteiger partial charge in [-0.1, -0.05) is 30.3 Å². The van der Waals surface area contributed by atoms with E-state index in [1.165, 1.54) is 15.3 Å². The van der Waals surface area contributed by atoms with Crippen LogP contribution in [0.25, 0.3) is 0 Å². The van der Waals surface area contributed by atoms with Gasteiger partial charge in [-0.15, -0.1) is 11.3 Å². The molecule has 0 saturated heterocycles. The van der Waals surface area contributed by atoms with Crippen LogP contribution in [0.1, 0.15) is 21.7 Å². The van der Waals surface area contributed by atoms with Crippen molar-refractivity contribution in [2.45, 2.75) is 26.4 Å². The molecule has 3 heteroatoms. The Morgan fingerprint density at radius 2 is 1.84 bits per heavy atom. The third-order valence-corrected chi connectivity index (χ3v) is 4.09. The molecule has 0 aliphatic heterocycles. The summed E-state index contributed by atoms with van der Waals surface area (Å²) in [5.41, 5.74) is 7.01. The van der Waals surface area contributed by atoms with E-state index in [1.54, 1.807) is 0 Å². The smallest absolute Gasteiger partial charge is 0.0331 e. The standard InChI is InChI=1S/C16H22N2S/c1-14-8-9-16(19-14)13-18(11-5-10-17)12-15-6-3-2-4-7-15/h2-4,6-9H,5,10-13,17H2,1H3. The zero-order valence-electron chi connectivity index (χ0n) is 11.5. The Balaban J connectivity index is 1.99. The molecule has 0 fully saturated rings. The average molecular weight is 274 g/mol. The van der Waals surface area contributed by atoms with Crippen molar-refractivity contribution in [3.05, 3.63) is 57.8 Å². The molecule has 19 heavy (non-hydrogen) atoms. The highest BCUT2D eigenvalue weighted by Gasteiger charge is 2.08. The van der Waals surface area contributed by atoms with E-state index in [1.807, 2.05) is 11.3 Å². The Labute approximate surface area is 119 Å². The van der Waals surface area contributed by atoms with Crippen LogP contribution in [0.4, 0.5) is 0 Å². The predicted octanol–water partition coefficient (Wildman–Crippen LogP) is 3.41. The highest BCUT2D eigenvalue weighted by Crippen LogP contribution is 2.18. The molecule has 0 spiro atoms. The van der Waals surface area contributed by atoms with Crippen molar-refractivity contribution >= 4 is 11.3 Å². The molecule has 0 unspecified atom stereocenters. The molecule has 102 valence electrons. The lowest BCUT2D eigenvalue weighted by molar-refractivity contribution is 0.257. The lowest BCUT2D eigenvalue weighted by Gasteiger charge is -2.21. The summed E-state index contributed by atoms with van der Waals surface area (Å²) in [6.07, 6.45) is 1.05. The molecular weight excluding hydrogens is 252 g/mol. The molecule has 0 atom stereocenters. The average Bonchev–Trinajstić information content (AvgIpc) is 2.82. The number of nitrogens with two attached hydrogens (primary N) is 1. The molecule has 1 aromatic carbocycles. The van der Waals surface area contributed by atoms with Gasteiger partial charge in [-0.25, -0.2) is 0 Å². The topological polar surface area (TPSA) is 29.3 Å². The first-order valence-corrected chi connectivity index (χ1v) is 7.61. The second kappa shape index (κ2) is 7.43. The lowest BCUT2D eigenvalue weighted by Crippen LogP contribution is -2.25. The number of hydrogen-bond donors (Lipinski definition) is 1. The molecule has 2 nitrogen and oxygen atoms in total. The lowest BCUT2D eigenvalue weighted by atomic mass is 10.2. The minimum absolute atomic E-state index is 0.759. The summed E-state index contributed by atoms with van der Waals surface area (Å²) >= 11 is 1.89. The molecule has 0 bridgehead atoms. The SMILES string of the molecule is Cc1ccc(CN(CCCN)Cc2ccccc2)s1. The predicted molar refractivity (Wildman–Crippen MR) is 83.3 cm³/mol. The number of thiophene rings is 1. The van der Waals surface area contributed by atoms with Gasteiger partial charge in [-0.3, -0.25) is 4.90 Å². The van der Waals surface area contributed by atoms with Gasteiger partial charge in [0.25, 0.3) is 0 Å². The van der Waals surface area contributed by atoms with Crippen molar-refractivity contribution < 1.29 is 0 Å². The van der Waals surface area contributed by atoms with Gasteiger partial charge in [0.2, 0.25) is 0 Å². The van der Waals surface area contributed by atoms with Crippen LogP contribution in [0.15, 0.2) is 42.5 Å². The van der Waals surface area contributed by atoms with Gasteiger partial charge in [0.1, 0.15) is 0 Å². The Bertz CT molecular complexity index is 479. The Morgan fingerprint density at radius 3 is 2.47 bits per heavy atom. The summed E-state index contributed by atoms with van der Waals surface area (Å²) < 4.78 is 0. The monoisotopic (exact) mass is 274 g/mol. The van der Waals surface area contributed by atoms with Gasteiger partial charge in [0, 0.05) is 29.4 Å². The van der Waals surface area contributed by atoms with E-state index in [-0.39, 0.29) is 0 Å². The molecule has 1 heterocycles. The van der Waals surface area contributed by atoms with Crippen molar-refractivity contribution in [3.63, 3.8) is 0 Å². The third-order valence-electron chi connectivity index (χ3n) is 3.10. The van der Waals surface area contributed by atoms with Crippen molar-refractivity contribution in [1.82, 2.24) is 4.90 Å². The quantitative estimate of drug-likeness (QED) is 0.838. The van der Waals surface area contributed by atoms with E-state index in [0.717, 1.165) is 32.6 Å². The summed E-state index contributed by atoms with van der Waals surface area (Å²) in [5.74, 6) is 0.